The predicted molar refractivity (Wildman–Crippen MR) is 132 cm³/mol. The lowest BCUT2D eigenvalue weighted by Gasteiger charge is -2.46. The molecule has 12 heteroatoms. The minimum absolute atomic E-state index is 0.0155. The van der Waals surface area contributed by atoms with Crippen LogP contribution < -0.4 is 10.1 Å². The van der Waals surface area contributed by atoms with E-state index in [9.17, 15) is 4.79 Å². The van der Waals surface area contributed by atoms with E-state index in [-0.39, 0.29) is 30.1 Å². The van der Waals surface area contributed by atoms with Crippen molar-refractivity contribution in [3.05, 3.63) is 47.8 Å². The number of anilines is 2. The van der Waals surface area contributed by atoms with Gasteiger partial charge in [-0.15, -0.1) is 0 Å². The van der Waals surface area contributed by atoms with Crippen molar-refractivity contribution in [1.29, 1.82) is 0 Å². The number of aromatic nitrogens is 5. The van der Waals surface area contributed by atoms with Gasteiger partial charge in [-0.05, 0) is 39.0 Å². The zero-order chi connectivity index (χ0) is 25.2. The molecular formula is C24H28ClN7O4. The van der Waals surface area contributed by atoms with Gasteiger partial charge in [0.15, 0.2) is 0 Å². The van der Waals surface area contributed by atoms with Crippen molar-refractivity contribution in [3.63, 3.8) is 0 Å². The molecule has 36 heavy (non-hydrogen) atoms. The molecule has 0 saturated carbocycles. The fourth-order valence-corrected chi connectivity index (χ4v) is 4.76. The molecule has 2 aliphatic rings. The second-order valence-electron chi connectivity index (χ2n) is 9.26. The van der Waals surface area contributed by atoms with E-state index < -0.39 is 0 Å². The minimum atomic E-state index is -0.295. The third-order valence-electron chi connectivity index (χ3n) is 6.27. The highest BCUT2D eigenvalue weighted by atomic mass is 35.5. The maximum Gasteiger partial charge on any atom is 0.410 e. The molecule has 0 radical (unpaired) electrons. The van der Waals surface area contributed by atoms with Gasteiger partial charge in [0.1, 0.15) is 30.9 Å². The zero-order valence-corrected chi connectivity index (χ0v) is 21.1. The normalized spacial score (nSPS) is 21.4. The summed E-state index contributed by atoms with van der Waals surface area (Å²) in [6, 6.07) is 5.54. The molecule has 2 aromatic heterocycles. The van der Waals surface area contributed by atoms with Gasteiger partial charge in [0.05, 0.1) is 41.3 Å². The second-order valence-corrected chi connectivity index (χ2v) is 9.67. The third kappa shape index (κ3) is 5.07. The monoisotopic (exact) mass is 513 g/mol. The van der Waals surface area contributed by atoms with Crippen molar-refractivity contribution in [2.45, 2.75) is 33.0 Å². The summed E-state index contributed by atoms with van der Waals surface area (Å²) in [5.74, 6) is 1.11. The number of likely N-dealkylation sites (tertiary alicyclic amines) is 1. The quantitative estimate of drug-likeness (QED) is 0.527. The Hall–Kier alpha value is -3.44. The van der Waals surface area contributed by atoms with Crippen LogP contribution in [0.2, 0.25) is 5.02 Å². The number of fused-ring (bicyclic) bond motifs is 2. The van der Waals surface area contributed by atoms with Gasteiger partial charge in [0, 0.05) is 24.9 Å². The number of ether oxygens (including phenoxy) is 3. The molecule has 2 unspecified atom stereocenters. The summed E-state index contributed by atoms with van der Waals surface area (Å²) in [5.41, 5.74) is 2.24. The van der Waals surface area contributed by atoms with Crippen LogP contribution in [0.1, 0.15) is 19.4 Å². The Labute approximate surface area is 213 Å². The number of piperidine rings is 1. The van der Waals surface area contributed by atoms with Crippen LogP contribution >= 0.6 is 11.6 Å². The Balaban J connectivity index is 1.30. The Bertz CT molecular complexity index is 1210. The molecular weight excluding hydrogens is 486 g/mol. The van der Waals surface area contributed by atoms with E-state index in [4.69, 9.17) is 25.8 Å². The van der Waals surface area contributed by atoms with E-state index in [2.05, 4.69) is 25.4 Å². The van der Waals surface area contributed by atoms with Crippen LogP contribution in [0.5, 0.6) is 5.88 Å². The van der Waals surface area contributed by atoms with E-state index in [1.807, 2.05) is 32.9 Å². The summed E-state index contributed by atoms with van der Waals surface area (Å²) in [6.07, 6.45) is 3.95. The fourth-order valence-electron chi connectivity index (χ4n) is 4.54. The average Bonchev–Trinajstić information content (AvgIpc) is 3.37. The van der Waals surface area contributed by atoms with Crippen molar-refractivity contribution in [3.8, 4) is 11.6 Å². The molecule has 190 valence electrons. The summed E-state index contributed by atoms with van der Waals surface area (Å²) < 4.78 is 19.2. The van der Waals surface area contributed by atoms with Crippen molar-refractivity contribution in [1.82, 2.24) is 29.6 Å². The second kappa shape index (κ2) is 10.3. The SMILES string of the molecule is Cc1c(Nc2ccc(-n3cncn3)cc2Cl)ncnc1OC1C2COCC1CN(C(=O)OC(C)C)C2. The largest absolute Gasteiger partial charge is 0.473 e. The number of carbonyl (C=O) groups is 1. The Morgan fingerprint density at radius 2 is 1.97 bits per heavy atom. The van der Waals surface area contributed by atoms with E-state index in [1.165, 1.54) is 12.7 Å². The van der Waals surface area contributed by atoms with Crippen molar-refractivity contribution < 1.29 is 19.0 Å². The highest BCUT2D eigenvalue weighted by molar-refractivity contribution is 6.33. The van der Waals surface area contributed by atoms with Gasteiger partial charge in [0.2, 0.25) is 5.88 Å². The van der Waals surface area contributed by atoms with Gasteiger partial charge in [-0.25, -0.2) is 24.4 Å². The molecule has 1 amide bonds. The molecule has 2 atom stereocenters. The van der Waals surface area contributed by atoms with Crippen molar-refractivity contribution in [2.24, 2.45) is 11.8 Å². The lowest BCUT2D eigenvalue weighted by molar-refractivity contribution is -0.111. The standard InChI is InChI=1S/C24H28ClN7O4/c1-14(2)35-24(33)31-7-16-9-34-10-17(8-31)21(16)36-23-15(3)22(27-12-28-23)30-20-5-4-18(6-19(20)25)32-13-26-11-29-32/h4-6,11-14,16-17,21H,7-10H2,1-3H3,(H,27,28,30). The number of hydrogen-bond acceptors (Lipinski definition) is 9. The minimum Gasteiger partial charge on any atom is -0.473 e. The lowest BCUT2D eigenvalue weighted by atomic mass is 9.84. The molecule has 2 fully saturated rings. The van der Waals surface area contributed by atoms with Gasteiger partial charge in [-0.2, -0.15) is 5.10 Å². The zero-order valence-electron chi connectivity index (χ0n) is 20.3. The molecule has 2 saturated heterocycles. The highest BCUT2D eigenvalue weighted by Gasteiger charge is 2.44. The van der Waals surface area contributed by atoms with E-state index in [0.29, 0.717) is 48.7 Å². The van der Waals surface area contributed by atoms with Crippen LogP contribution in [0, 0.1) is 18.8 Å². The van der Waals surface area contributed by atoms with E-state index in [1.54, 1.807) is 22.0 Å². The molecule has 1 N–H and O–H groups in total. The number of benzene rings is 1. The number of carbonyl (C=O) groups excluding carboxylic acids is 1. The summed E-state index contributed by atoms with van der Waals surface area (Å²) >= 11 is 6.52. The van der Waals surface area contributed by atoms with E-state index in [0.717, 1.165) is 11.3 Å². The first-order valence-electron chi connectivity index (χ1n) is 11.8. The van der Waals surface area contributed by atoms with E-state index >= 15 is 0 Å². The molecule has 5 rings (SSSR count). The number of rotatable bonds is 6. The smallest absolute Gasteiger partial charge is 0.410 e. The fraction of sp³-hybridized carbons (Fsp3) is 0.458. The van der Waals surface area contributed by atoms with Crippen LogP contribution in [0.4, 0.5) is 16.3 Å². The third-order valence-corrected chi connectivity index (χ3v) is 6.58. The maximum atomic E-state index is 12.5. The van der Waals surface area contributed by atoms with Crippen LogP contribution in [-0.4, -0.2) is 74.2 Å². The maximum absolute atomic E-state index is 12.5. The number of nitrogens with zero attached hydrogens (tertiary/aromatic N) is 6. The van der Waals surface area contributed by atoms with Crippen LogP contribution in [-0.2, 0) is 9.47 Å². The van der Waals surface area contributed by atoms with Gasteiger partial charge in [-0.3, -0.25) is 0 Å². The molecule has 11 nitrogen and oxygen atoms in total. The molecule has 4 heterocycles. The van der Waals surface area contributed by atoms with Gasteiger partial charge in [-0.1, -0.05) is 11.6 Å². The lowest BCUT2D eigenvalue weighted by Crippen LogP contribution is -2.58. The Morgan fingerprint density at radius 3 is 2.64 bits per heavy atom. The van der Waals surface area contributed by atoms with Crippen LogP contribution in [0.3, 0.4) is 0 Å². The molecule has 2 aliphatic heterocycles. The summed E-state index contributed by atoms with van der Waals surface area (Å²) in [6.45, 7) is 7.63. The highest BCUT2D eigenvalue weighted by Crippen LogP contribution is 2.34. The predicted octanol–water partition coefficient (Wildman–Crippen LogP) is 3.63. The molecule has 0 aliphatic carbocycles. The summed E-state index contributed by atoms with van der Waals surface area (Å²) in [7, 11) is 0. The Morgan fingerprint density at radius 1 is 1.19 bits per heavy atom. The number of amides is 1. The summed E-state index contributed by atoms with van der Waals surface area (Å²) in [5, 5.41) is 7.91. The van der Waals surface area contributed by atoms with Gasteiger partial charge >= 0.3 is 6.09 Å². The van der Waals surface area contributed by atoms with Crippen LogP contribution in [0.15, 0.2) is 37.2 Å². The van der Waals surface area contributed by atoms with Crippen molar-refractivity contribution in [2.75, 3.05) is 31.6 Å². The van der Waals surface area contributed by atoms with Gasteiger partial charge < -0.3 is 24.4 Å². The topological polar surface area (TPSA) is 117 Å². The first-order valence-corrected chi connectivity index (χ1v) is 12.2. The molecule has 0 spiro atoms. The van der Waals surface area contributed by atoms with Gasteiger partial charge in [0.25, 0.3) is 0 Å². The average molecular weight is 514 g/mol. The number of nitrogens with one attached hydrogen (secondary N) is 1. The Kier molecular flexibility index (Phi) is 6.92. The van der Waals surface area contributed by atoms with Crippen molar-refractivity contribution >= 4 is 29.2 Å². The molecule has 1 aromatic carbocycles. The first kappa shape index (κ1) is 24.3. The number of halogens is 1. The number of hydrogen-bond donors (Lipinski definition) is 1. The first-order chi connectivity index (χ1) is 17.4. The summed E-state index contributed by atoms with van der Waals surface area (Å²) in [4.78, 5) is 27.0. The molecule has 2 bridgehead atoms. The van der Waals surface area contributed by atoms with Crippen LogP contribution in [0.25, 0.3) is 5.69 Å². The molecule has 3 aromatic rings.